The Morgan fingerprint density at radius 1 is 1.43 bits per heavy atom. The summed E-state index contributed by atoms with van der Waals surface area (Å²) in [6.45, 7) is 0. The van der Waals surface area contributed by atoms with Crippen molar-refractivity contribution in [2.45, 2.75) is 31.4 Å². The third-order valence-electron chi connectivity index (χ3n) is 3.53. The molecule has 2 atom stereocenters. The molecule has 0 radical (unpaired) electrons. The van der Waals surface area contributed by atoms with E-state index >= 15 is 0 Å². The molecule has 1 aromatic carbocycles. The molecule has 0 bridgehead atoms. The molecule has 1 aliphatic carbocycles. The van der Waals surface area contributed by atoms with Gasteiger partial charge in [-0.2, -0.15) is 0 Å². The summed E-state index contributed by atoms with van der Waals surface area (Å²) in [6.07, 6.45) is 2.14. The normalized spacial score (nSPS) is 21.1. The summed E-state index contributed by atoms with van der Waals surface area (Å²) in [5.41, 5.74) is 6.05. The quantitative estimate of drug-likeness (QED) is 0.671. The lowest BCUT2D eigenvalue weighted by molar-refractivity contribution is -0.386. The van der Waals surface area contributed by atoms with Crippen molar-refractivity contribution in [2.75, 3.05) is 14.1 Å². The van der Waals surface area contributed by atoms with Crippen molar-refractivity contribution in [1.29, 1.82) is 0 Å². The SMILES string of the molecule is CN(C)C(=O)c1ccc([N+](=O)[O-])c(OC2CCC(N)C2)c1. The third kappa shape index (κ3) is 3.49. The van der Waals surface area contributed by atoms with Gasteiger partial charge in [0.05, 0.1) is 4.92 Å². The second-order valence-electron chi connectivity index (χ2n) is 5.45. The number of nitro benzene ring substituents is 1. The van der Waals surface area contributed by atoms with Crippen molar-refractivity contribution in [2.24, 2.45) is 5.73 Å². The zero-order valence-electron chi connectivity index (χ0n) is 12.1. The molecule has 7 heteroatoms. The molecule has 0 aromatic heterocycles. The minimum atomic E-state index is -0.506. The van der Waals surface area contributed by atoms with E-state index < -0.39 is 4.92 Å². The molecule has 0 aliphatic heterocycles. The highest BCUT2D eigenvalue weighted by atomic mass is 16.6. The van der Waals surface area contributed by atoms with E-state index in [-0.39, 0.29) is 29.5 Å². The van der Waals surface area contributed by atoms with Crippen LogP contribution >= 0.6 is 0 Å². The van der Waals surface area contributed by atoms with Crippen molar-refractivity contribution in [3.05, 3.63) is 33.9 Å². The van der Waals surface area contributed by atoms with Gasteiger partial charge in [0.25, 0.3) is 5.91 Å². The molecular formula is C14H19N3O4. The molecule has 1 aliphatic rings. The Morgan fingerprint density at radius 3 is 2.67 bits per heavy atom. The van der Waals surface area contributed by atoms with Crippen molar-refractivity contribution in [3.8, 4) is 5.75 Å². The number of nitrogens with zero attached hydrogens (tertiary/aromatic N) is 2. The smallest absolute Gasteiger partial charge is 0.310 e. The summed E-state index contributed by atoms with van der Waals surface area (Å²) in [7, 11) is 3.25. The summed E-state index contributed by atoms with van der Waals surface area (Å²) >= 11 is 0. The maximum atomic E-state index is 11.9. The highest BCUT2D eigenvalue weighted by Gasteiger charge is 2.27. The van der Waals surface area contributed by atoms with Crippen LogP contribution in [0.5, 0.6) is 5.75 Å². The van der Waals surface area contributed by atoms with E-state index in [4.69, 9.17) is 10.5 Å². The van der Waals surface area contributed by atoms with Crippen LogP contribution in [-0.2, 0) is 0 Å². The number of hydrogen-bond donors (Lipinski definition) is 1. The lowest BCUT2D eigenvalue weighted by Crippen LogP contribution is -2.22. The Balaban J connectivity index is 2.28. The molecular weight excluding hydrogens is 274 g/mol. The molecule has 0 heterocycles. The maximum Gasteiger partial charge on any atom is 0.310 e. The van der Waals surface area contributed by atoms with E-state index in [1.807, 2.05) is 0 Å². The summed E-state index contributed by atoms with van der Waals surface area (Å²) in [6, 6.07) is 4.25. The van der Waals surface area contributed by atoms with Gasteiger partial charge >= 0.3 is 5.69 Å². The second-order valence-corrected chi connectivity index (χ2v) is 5.45. The van der Waals surface area contributed by atoms with Gasteiger partial charge in [0, 0.05) is 37.8 Å². The zero-order valence-corrected chi connectivity index (χ0v) is 12.1. The fourth-order valence-electron chi connectivity index (χ4n) is 2.41. The van der Waals surface area contributed by atoms with Crippen molar-refractivity contribution in [3.63, 3.8) is 0 Å². The first-order valence-electron chi connectivity index (χ1n) is 6.81. The Kier molecular flexibility index (Phi) is 4.42. The van der Waals surface area contributed by atoms with Gasteiger partial charge in [0.1, 0.15) is 6.10 Å². The maximum absolute atomic E-state index is 11.9. The first kappa shape index (κ1) is 15.2. The molecule has 2 unspecified atom stereocenters. The molecule has 0 spiro atoms. The van der Waals surface area contributed by atoms with Crippen molar-refractivity contribution >= 4 is 11.6 Å². The number of benzene rings is 1. The summed E-state index contributed by atoms with van der Waals surface area (Å²) < 4.78 is 5.72. The third-order valence-corrected chi connectivity index (χ3v) is 3.53. The summed E-state index contributed by atoms with van der Waals surface area (Å²) in [4.78, 5) is 23.9. The number of hydrogen-bond acceptors (Lipinski definition) is 5. The summed E-state index contributed by atoms with van der Waals surface area (Å²) in [5.74, 6) is -0.0929. The van der Waals surface area contributed by atoms with E-state index in [0.29, 0.717) is 12.0 Å². The molecule has 1 fully saturated rings. The van der Waals surface area contributed by atoms with Crippen LogP contribution in [0.1, 0.15) is 29.6 Å². The van der Waals surface area contributed by atoms with Gasteiger partial charge in [0.2, 0.25) is 0 Å². The molecule has 1 amide bonds. The Morgan fingerprint density at radius 2 is 2.14 bits per heavy atom. The van der Waals surface area contributed by atoms with Crippen molar-refractivity contribution < 1.29 is 14.5 Å². The molecule has 2 rings (SSSR count). The minimum Gasteiger partial charge on any atom is -0.483 e. The second kappa shape index (κ2) is 6.09. The van der Waals surface area contributed by atoms with Crippen LogP contribution in [0.15, 0.2) is 18.2 Å². The van der Waals surface area contributed by atoms with Gasteiger partial charge in [-0.25, -0.2) is 0 Å². The Bertz CT molecular complexity index is 559. The molecule has 114 valence electrons. The number of carbonyl (C=O) groups excluding carboxylic acids is 1. The van der Waals surface area contributed by atoms with Crippen LogP contribution in [0.4, 0.5) is 5.69 Å². The predicted octanol–water partition coefficient (Wildman–Crippen LogP) is 1.56. The van der Waals surface area contributed by atoms with E-state index in [2.05, 4.69) is 0 Å². The first-order valence-corrected chi connectivity index (χ1v) is 6.81. The van der Waals surface area contributed by atoms with Crippen LogP contribution in [0, 0.1) is 10.1 Å². The van der Waals surface area contributed by atoms with Gasteiger partial charge in [-0.3, -0.25) is 14.9 Å². The Hall–Kier alpha value is -2.15. The van der Waals surface area contributed by atoms with Crippen LogP contribution in [0.25, 0.3) is 0 Å². The predicted molar refractivity (Wildman–Crippen MR) is 77.4 cm³/mol. The molecule has 2 N–H and O–H groups in total. The first-order chi connectivity index (χ1) is 9.88. The average Bonchev–Trinajstić information content (AvgIpc) is 2.82. The number of amides is 1. The topological polar surface area (TPSA) is 98.7 Å². The number of carbonyl (C=O) groups is 1. The molecule has 1 aromatic rings. The van der Waals surface area contributed by atoms with E-state index in [1.54, 1.807) is 14.1 Å². The molecule has 0 saturated heterocycles. The highest BCUT2D eigenvalue weighted by molar-refractivity contribution is 5.94. The largest absolute Gasteiger partial charge is 0.483 e. The van der Waals surface area contributed by atoms with Crippen LogP contribution < -0.4 is 10.5 Å². The van der Waals surface area contributed by atoms with Crippen LogP contribution in [0.3, 0.4) is 0 Å². The monoisotopic (exact) mass is 293 g/mol. The van der Waals surface area contributed by atoms with E-state index in [9.17, 15) is 14.9 Å². The number of nitro groups is 1. The lowest BCUT2D eigenvalue weighted by Gasteiger charge is -2.15. The Labute approximate surface area is 122 Å². The fourth-order valence-corrected chi connectivity index (χ4v) is 2.41. The van der Waals surface area contributed by atoms with E-state index in [1.165, 1.54) is 23.1 Å². The van der Waals surface area contributed by atoms with Crippen molar-refractivity contribution in [1.82, 2.24) is 4.90 Å². The fraction of sp³-hybridized carbons (Fsp3) is 0.500. The molecule has 7 nitrogen and oxygen atoms in total. The number of rotatable bonds is 4. The summed E-state index contributed by atoms with van der Waals surface area (Å²) in [5, 5.41) is 11.1. The van der Waals surface area contributed by atoms with E-state index in [0.717, 1.165) is 12.8 Å². The molecule has 21 heavy (non-hydrogen) atoms. The van der Waals surface area contributed by atoms with Gasteiger partial charge in [-0.1, -0.05) is 0 Å². The zero-order chi connectivity index (χ0) is 15.6. The average molecular weight is 293 g/mol. The van der Waals surface area contributed by atoms with Gasteiger partial charge in [-0.15, -0.1) is 0 Å². The standard InChI is InChI=1S/C14H19N3O4/c1-16(2)14(18)9-3-6-12(17(19)20)13(7-9)21-11-5-4-10(15)8-11/h3,6-7,10-11H,4-5,8,15H2,1-2H3. The molecule has 1 saturated carbocycles. The van der Waals surface area contributed by atoms with Crippen LogP contribution in [0.2, 0.25) is 0 Å². The highest BCUT2D eigenvalue weighted by Crippen LogP contribution is 2.32. The minimum absolute atomic E-state index is 0.0700. The number of nitrogens with two attached hydrogens (primary N) is 1. The van der Waals surface area contributed by atoms with Gasteiger partial charge < -0.3 is 15.4 Å². The van der Waals surface area contributed by atoms with Gasteiger partial charge in [-0.05, 0) is 25.3 Å². The lowest BCUT2D eigenvalue weighted by atomic mass is 10.1. The van der Waals surface area contributed by atoms with Crippen LogP contribution in [-0.4, -0.2) is 42.0 Å². The number of ether oxygens (including phenoxy) is 1. The van der Waals surface area contributed by atoms with Gasteiger partial charge in [0.15, 0.2) is 5.75 Å².